The fourth-order valence-electron chi connectivity index (χ4n) is 2.13. The smallest absolute Gasteiger partial charge is 0.200 e. The van der Waals surface area contributed by atoms with Gasteiger partial charge in [0.1, 0.15) is 0 Å². The molecule has 0 amide bonds. The molecule has 1 aliphatic heterocycles. The highest BCUT2D eigenvalue weighted by Crippen LogP contribution is 2.38. The number of nitrogens with zero attached hydrogens (tertiary/aromatic N) is 5. The van der Waals surface area contributed by atoms with Crippen molar-refractivity contribution in [3.05, 3.63) is 48.3 Å². The Morgan fingerprint density at radius 3 is 2.20 bits per heavy atom. The van der Waals surface area contributed by atoms with Gasteiger partial charge in [-0.2, -0.15) is 15.0 Å². The number of amidine groups is 1. The summed E-state index contributed by atoms with van der Waals surface area (Å²) in [5.74, 6) is -0.969. The van der Waals surface area contributed by atoms with E-state index < -0.39 is 16.2 Å². The lowest BCUT2D eigenvalue weighted by molar-refractivity contribution is 0.484. The van der Waals surface area contributed by atoms with Crippen molar-refractivity contribution in [1.82, 2.24) is 14.6 Å². The molecule has 2 aromatic rings. The van der Waals surface area contributed by atoms with Crippen molar-refractivity contribution in [2.75, 3.05) is 0 Å². The molecule has 1 aromatic carbocycles. The summed E-state index contributed by atoms with van der Waals surface area (Å²) < 4.78 is 27.7. The zero-order chi connectivity index (χ0) is 14.2. The monoisotopic (exact) mass is 274 g/mol. The number of rotatable bonds is 2. The fraction of sp³-hybridized carbons (Fsp3) is 0.0769. The Kier molecular flexibility index (Phi) is 2.83. The van der Waals surface area contributed by atoms with Crippen LogP contribution in [0.25, 0.3) is 0 Å². The van der Waals surface area contributed by atoms with Crippen LogP contribution in [0.3, 0.4) is 0 Å². The van der Waals surface area contributed by atoms with Gasteiger partial charge in [-0.15, -0.1) is 0 Å². The third-order valence-corrected chi connectivity index (χ3v) is 3.04. The molecule has 0 saturated heterocycles. The maximum atomic E-state index is 14.2. The first-order chi connectivity index (χ1) is 9.66. The Bertz CT molecular complexity index is 694. The Hall–Kier alpha value is -2.54. The van der Waals surface area contributed by atoms with Gasteiger partial charge in [-0.1, -0.05) is 6.07 Å². The molecule has 0 radical (unpaired) electrons. The first-order valence-corrected chi connectivity index (χ1v) is 5.86. The van der Waals surface area contributed by atoms with Crippen LogP contribution in [0.15, 0.2) is 46.8 Å². The van der Waals surface area contributed by atoms with E-state index >= 15 is 0 Å². The predicted octanol–water partition coefficient (Wildman–Crippen LogP) is 2.77. The standard InChI is InChI=1S/C13H10F2N5/c1-9-18-8-19-20(9,13-16-6-3-7-17-13)12-10(14)4-2-5-11(12)15/h2-8H,1H3/q+1. The second-order valence-corrected chi connectivity index (χ2v) is 4.16. The van der Waals surface area contributed by atoms with E-state index in [1.54, 1.807) is 13.0 Å². The molecule has 2 heterocycles. The van der Waals surface area contributed by atoms with Crippen LogP contribution in [0.2, 0.25) is 0 Å². The summed E-state index contributed by atoms with van der Waals surface area (Å²) in [6, 6.07) is 5.25. The molecule has 7 heteroatoms. The van der Waals surface area contributed by atoms with E-state index in [4.69, 9.17) is 0 Å². The van der Waals surface area contributed by atoms with E-state index in [0.29, 0.717) is 5.84 Å². The molecule has 0 fully saturated rings. The number of aliphatic imine (C=N–C) groups is 1. The van der Waals surface area contributed by atoms with Crippen LogP contribution in [-0.4, -0.2) is 22.1 Å². The lowest BCUT2D eigenvalue weighted by atomic mass is 10.2. The topological polar surface area (TPSA) is 50.5 Å². The van der Waals surface area contributed by atoms with Crippen molar-refractivity contribution in [2.24, 2.45) is 10.1 Å². The fourth-order valence-corrected chi connectivity index (χ4v) is 2.13. The predicted molar refractivity (Wildman–Crippen MR) is 71.4 cm³/mol. The highest BCUT2D eigenvalue weighted by molar-refractivity contribution is 6.02. The van der Waals surface area contributed by atoms with Crippen molar-refractivity contribution in [3.8, 4) is 0 Å². The second kappa shape index (κ2) is 4.53. The van der Waals surface area contributed by atoms with Gasteiger partial charge in [-0.25, -0.2) is 8.78 Å². The third-order valence-electron chi connectivity index (χ3n) is 3.04. The minimum absolute atomic E-state index is 0.131. The van der Waals surface area contributed by atoms with Crippen LogP contribution in [0.1, 0.15) is 6.92 Å². The number of aromatic nitrogens is 2. The van der Waals surface area contributed by atoms with E-state index in [1.165, 1.54) is 36.9 Å². The van der Waals surface area contributed by atoms with E-state index in [0.717, 1.165) is 0 Å². The number of halogens is 2. The first kappa shape index (κ1) is 12.5. The number of para-hydroxylation sites is 1. The highest BCUT2D eigenvalue weighted by atomic mass is 19.1. The highest BCUT2D eigenvalue weighted by Gasteiger charge is 2.48. The lowest BCUT2D eigenvalue weighted by Crippen LogP contribution is -2.43. The van der Waals surface area contributed by atoms with Crippen molar-refractivity contribution in [1.29, 1.82) is 0 Å². The van der Waals surface area contributed by atoms with Gasteiger partial charge in [-0.3, -0.25) is 0 Å². The summed E-state index contributed by atoms with van der Waals surface area (Å²) in [6.07, 6.45) is 4.22. The molecule has 0 bridgehead atoms. The zero-order valence-corrected chi connectivity index (χ0v) is 10.5. The minimum atomic E-state index is -0.731. The van der Waals surface area contributed by atoms with Crippen LogP contribution in [0.4, 0.5) is 20.4 Å². The van der Waals surface area contributed by atoms with E-state index in [-0.39, 0.29) is 11.6 Å². The largest absolute Gasteiger partial charge is 0.367 e. The summed E-state index contributed by atoms with van der Waals surface area (Å²) >= 11 is 0. The minimum Gasteiger partial charge on any atom is -0.200 e. The number of hydrogen-bond donors (Lipinski definition) is 0. The molecule has 1 aliphatic rings. The molecule has 20 heavy (non-hydrogen) atoms. The molecule has 0 N–H and O–H groups in total. The quantitative estimate of drug-likeness (QED) is 0.791. The summed E-state index contributed by atoms with van der Waals surface area (Å²) in [6.45, 7) is 1.62. The van der Waals surface area contributed by atoms with Gasteiger partial charge < -0.3 is 0 Å². The summed E-state index contributed by atoms with van der Waals surface area (Å²) in [4.78, 5) is 12.2. The Morgan fingerprint density at radius 2 is 1.65 bits per heavy atom. The zero-order valence-electron chi connectivity index (χ0n) is 10.5. The van der Waals surface area contributed by atoms with E-state index in [2.05, 4.69) is 20.1 Å². The second-order valence-electron chi connectivity index (χ2n) is 4.16. The van der Waals surface area contributed by atoms with E-state index in [9.17, 15) is 8.78 Å². The molecule has 0 spiro atoms. The normalized spacial score (nSPS) is 21.1. The molecule has 1 aromatic heterocycles. The lowest BCUT2D eigenvalue weighted by Gasteiger charge is -2.24. The maximum Gasteiger partial charge on any atom is 0.367 e. The number of hydrogen-bond acceptors (Lipinski definition) is 4. The van der Waals surface area contributed by atoms with Crippen molar-refractivity contribution < 1.29 is 8.78 Å². The molecule has 1 unspecified atom stereocenters. The van der Waals surface area contributed by atoms with Gasteiger partial charge >= 0.3 is 5.95 Å². The van der Waals surface area contributed by atoms with Crippen molar-refractivity contribution >= 4 is 23.8 Å². The van der Waals surface area contributed by atoms with Gasteiger partial charge in [-0.05, 0) is 27.9 Å². The van der Waals surface area contributed by atoms with Gasteiger partial charge in [0.25, 0.3) is 0 Å². The van der Waals surface area contributed by atoms with Gasteiger partial charge in [0, 0.05) is 19.3 Å². The Balaban J connectivity index is 2.34. The summed E-state index contributed by atoms with van der Waals surface area (Å²) in [5.41, 5.74) is -0.270. The van der Waals surface area contributed by atoms with Gasteiger partial charge in [0.2, 0.25) is 11.5 Å². The molecule has 3 rings (SSSR count). The van der Waals surface area contributed by atoms with E-state index in [1.807, 2.05) is 0 Å². The van der Waals surface area contributed by atoms with Crippen molar-refractivity contribution in [3.63, 3.8) is 0 Å². The van der Waals surface area contributed by atoms with Crippen LogP contribution in [0, 0.1) is 11.6 Å². The molecule has 5 nitrogen and oxygen atoms in total. The summed E-state index contributed by atoms with van der Waals surface area (Å²) in [7, 11) is 0. The average Bonchev–Trinajstić information content (AvgIpc) is 2.82. The molecular formula is C13H10F2N5+. The molecule has 0 aliphatic carbocycles. The Labute approximate surface area is 113 Å². The van der Waals surface area contributed by atoms with Crippen LogP contribution in [0.5, 0.6) is 0 Å². The Morgan fingerprint density at radius 1 is 1.00 bits per heavy atom. The average molecular weight is 274 g/mol. The molecular weight excluding hydrogens is 264 g/mol. The molecule has 0 saturated carbocycles. The maximum absolute atomic E-state index is 14.2. The third kappa shape index (κ3) is 1.64. The van der Waals surface area contributed by atoms with Gasteiger partial charge in [0.15, 0.2) is 18.0 Å². The number of benzene rings is 1. The van der Waals surface area contributed by atoms with Crippen molar-refractivity contribution in [2.45, 2.75) is 6.92 Å². The number of quaternary nitrogens is 1. The van der Waals surface area contributed by atoms with Crippen LogP contribution in [-0.2, 0) is 0 Å². The SMILES string of the molecule is CC1=NC=N[N+]1(c1ncccn1)c1c(F)cccc1F. The first-order valence-electron chi connectivity index (χ1n) is 5.86. The van der Waals surface area contributed by atoms with Crippen LogP contribution < -0.4 is 4.59 Å². The van der Waals surface area contributed by atoms with Crippen LogP contribution >= 0.6 is 0 Å². The molecule has 1 atom stereocenters. The van der Waals surface area contributed by atoms with Gasteiger partial charge in [0.05, 0.1) is 0 Å². The molecule has 100 valence electrons. The summed E-state index contributed by atoms with van der Waals surface area (Å²) in [5, 5.41) is 4.11.